The summed E-state index contributed by atoms with van der Waals surface area (Å²) in [6.07, 6.45) is 0.765. The van der Waals surface area contributed by atoms with Crippen LogP contribution in [0.1, 0.15) is 16.3 Å². The van der Waals surface area contributed by atoms with Crippen LogP contribution in [-0.4, -0.2) is 16.5 Å². The molecular weight excluding hydrogens is 281 g/mol. The Morgan fingerprint density at radius 1 is 1.53 bits per heavy atom. The zero-order chi connectivity index (χ0) is 13.8. The van der Waals surface area contributed by atoms with E-state index in [1.54, 1.807) is 23.5 Å². The summed E-state index contributed by atoms with van der Waals surface area (Å²) in [4.78, 5) is 4.55. The van der Waals surface area contributed by atoms with Crippen molar-refractivity contribution in [2.45, 2.75) is 13.3 Å². The maximum atomic E-state index is 13.7. The van der Waals surface area contributed by atoms with Gasteiger partial charge in [0.05, 0.1) is 16.4 Å². The molecular formula is C13H14FN3S2. The first-order valence-electron chi connectivity index (χ1n) is 5.80. The highest BCUT2D eigenvalue weighted by molar-refractivity contribution is 7.80. The first-order valence-corrected chi connectivity index (χ1v) is 7.09. The zero-order valence-electron chi connectivity index (χ0n) is 10.4. The zero-order valence-corrected chi connectivity index (χ0v) is 12.1. The summed E-state index contributed by atoms with van der Waals surface area (Å²) in [6.45, 7) is 2.60. The molecule has 0 unspecified atom stereocenters. The lowest BCUT2D eigenvalue weighted by Gasteiger charge is -2.08. The van der Waals surface area contributed by atoms with Crippen LogP contribution in [0.25, 0.3) is 0 Å². The van der Waals surface area contributed by atoms with Crippen LogP contribution in [0.5, 0.6) is 0 Å². The molecule has 3 N–H and O–H groups in total. The summed E-state index contributed by atoms with van der Waals surface area (Å²) >= 11 is 6.42. The summed E-state index contributed by atoms with van der Waals surface area (Å²) in [5.41, 5.74) is 7.46. The van der Waals surface area contributed by atoms with Gasteiger partial charge in [-0.1, -0.05) is 12.2 Å². The Bertz CT molecular complexity index is 595. The van der Waals surface area contributed by atoms with E-state index >= 15 is 0 Å². The van der Waals surface area contributed by atoms with Crippen LogP contribution < -0.4 is 11.1 Å². The Balaban J connectivity index is 1.94. The molecule has 19 heavy (non-hydrogen) atoms. The summed E-state index contributed by atoms with van der Waals surface area (Å²) in [6, 6.07) is 4.70. The number of thiazole rings is 1. The van der Waals surface area contributed by atoms with Crippen LogP contribution in [0, 0.1) is 12.7 Å². The molecule has 0 saturated carbocycles. The lowest BCUT2D eigenvalue weighted by atomic mass is 10.2. The van der Waals surface area contributed by atoms with E-state index < -0.39 is 0 Å². The van der Waals surface area contributed by atoms with Gasteiger partial charge in [-0.3, -0.25) is 0 Å². The number of hydrogen-bond acceptors (Lipinski definition) is 4. The number of thiocarbonyl (C=S) groups is 1. The molecule has 0 atom stereocenters. The van der Waals surface area contributed by atoms with Crippen molar-refractivity contribution < 1.29 is 4.39 Å². The van der Waals surface area contributed by atoms with E-state index in [1.165, 1.54) is 6.07 Å². The quantitative estimate of drug-likeness (QED) is 0.833. The average Bonchev–Trinajstić information content (AvgIpc) is 2.77. The van der Waals surface area contributed by atoms with Crippen molar-refractivity contribution in [3.8, 4) is 0 Å². The average molecular weight is 295 g/mol. The SMILES string of the molecule is Cc1nc(CCNc2ccc(C(N)=S)cc2F)cs1. The number of nitrogens with zero attached hydrogens (tertiary/aromatic N) is 1. The molecule has 0 saturated heterocycles. The third kappa shape index (κ3) is 3.71. The molecule has 0 bridgehead atoms. The van der Waals surface area contributed by atoms with Crippen molar-refractivity contribution in [1.82, 2.24) is 4.98 Å². The maximum Gasteiger partial charge on any atom is 0.146 e. The van der Waals surface area contributed by atoms with Gasteiger partial charge >= 0.3 is 0 Å². The first kappa shape index (κ1) is 13.9. The molecule has 1 aromatic heterocycles. The van der Waals surface area contributed by atoms with E-state index in [1.807, 2.05) is 12.3 Å². The normalized spacial score (nSPS) is 10.4. The standard InChI is InChI=1S/C13H14FN3S2/c1-8-17-10(7-19-8)4-5-16-12-3-2-9(13(15)18)6-11(12)14/h2-3,6-7,16H,4-5H2,1H3,(H2,15,18). The number of benzene rings is 1. The fraction of sp³-hybridized carbons (Fsp3) is 0.231. The molecule has 2 aromatic rings. The molecule has 0 aliphatic rings. The van der Waals surface area contributed by atoms with Crippen LogP contribution in [0.15, 0.2) is 23.6 Å². The number of nitrogens with one attached hydrogen (secondary N) is 1. The van der Waals surface area contributed by atoms with Crippen molar-refractivity contribution in [3.63, 3.8) is 0 Å². The van der Waals surface area contributed by atoms with Crippen LogP contribution >= 0.6 is 23.6 Å². The predicted molar refractivity (Wildman–Crippen MR) is 81.3 cm³/mol. The predicted octanol–water partition coefficient (Wildman–Crippen LogP) is 2.88. The Morgan fingerprint density at radius 3 is 2.89 bits per heavy atom. The van der Waals surface area contributed by atoms with Crippen molar-refractivity contribution >= 4 is 34.2 Å². The molecule has 0 aliphatic heterocycles. The highest BCUT2D eigenvalue weighted by Crippen LogP contribution is 2.16. The second-order valence-electron chi connectivity index (χ2n) is 4.09. The Morgan fingerprint density at radius 2 is 2.32 bits per heavy atom. The molecule has 3 nitrogen and oxygen atoms in total. The van der Waals surface area contributed by atoms with Crippen molar-refractivity contribution in [1.29, 1.82) is 0 Å². The third-order valence-corrected chi connectivity index (χ3v) is 3.67. The molecule has 2 rings (SSSR count). The third-order valence-electron chi connectivity index (χ3n) is 2.62. The molecule has 100 valence electrons. The van der Waals surface area contributed by atoms with Crippen molar-refractivity contribution in [3.05, 3.63) is 45.7 Å². The van der Waals surface area contributed by atoms with Crippen molar-refractivity contribution in [2.24, 2.45) is 5.73 Å². The van der Waals surface area contributed by atoms with Gasteiger partial charge in [0.1, 0.15) is 10.8 Å². The van der Waals surface area contributed by atoms with E-state index in [-0.39, 0.29) is 10.8 Å². The highest BCUT2D eigenvalue weighted by Gasteiger charge is 2.05. The van der Waals surface area contributed by atoms with E-state index in [0.29, 0.717) is 17.8 Å². The topological polar surface area (TPSA) is 50.9 Å². The van der Waals surface area contributed by atoms with Gasteiger partial charge in [0.15, 0.2) is 0 Å². The Hall–Kier alpha value is -1.53. The van der Waals surface area contributed by atoms with Gasteiger partial charge in [-0.05, 0) is 25.1 Å². The van der Waals surface area contributed by atoms with Crippen molar-refractivity contribution in [2.75, 3.05) is 11.9 Å². The number of aromatic nitrogens is 1. The van der Waals surface area contributed by atoms with Gasteiger partial charge in [0, 0.05) is 23.9 Å². The molecule has 6 heteroatoms. The minimum atomic E-state index is -0.347. The summed E-state index contributed by atoms with van der Waals surface area (Å²) in [7, 11) is 0. The summed E-state index contributed by atoms with van der Waals surface area (Å²) in [5, 5.41) is 6.10. The van der Waals surface area contributed by atoms with E-state index in [4.69, 9.17) is 18.0 Å². The molecule has 0 amide bonds. The van der Waals surface area contributed by atoms with Crippen LogP contribution in [0.4, 0.5) is 10.1 Å². The smallest absolute Gasteiger partial charge is 0.146 e. The first-order chi connectivity index (χ1) is 9.06. The van der Waals surface area contributed by atoms with E-state index in [9.17, 15) is 4.39 Å². The lowest BCUT2D eigenvalue weighted by Crippen LogP contribution is -2.11. The van der Waals surface area contributed by atoms with Crippen LogP contribution in [-0.2, 0) is 6.42 Å². The fourth-order valence-electron chi connectivity index (χ4n) is 1.66. The fourth-order valence-corrected chi connectivity index (χ4v) is 2.43. The van der Waals surface area contributed by atoms with E-state index in [0.717, 1.165) is 17.1 Å². The largest absolute Gasteiger partial charge is 0.389 e. The number of nitrogens with two attached hydrogens (primary N) is 1. The van der Waals surface area contributed by atoms with Gasteiger partial charge in [-0.15, -0.1) is 11.3 Å². The molecule has 0 fully saturated rings. The number of rotatable bonds is 5. The number of halogens is 1. The maximum absolute atomic E-state index is 13.7. The summed E-state index contributed by atoms with van der Waals surface area (Å²) in [5.74, 6) is -0.347. The number of aryl methyl sites for hydroxylation is 1. The van der Waals surface area contributed by atoms with Gasteiger partial charge in [-0.2, -0.15) is 0 Å². The summed E-state index contributed by atoms with van der Waals surface area (Å²) < 4.78 is 13.7. The second kappa shape index (κ2) is 6.08. The van der Waals surface area contributed by atoms with E-state index in [2.05, 4.69) is 10.3 Å². The monoisotopic (exact) mass is 295 g/mol. The molecule has 0 radical (unpaired) electrons. The molecule has 0 spiro atoms. The Kier molecular flexibility index (Phi) is 4.44. The molecule has 1 heterocycles. The van der Waals surface area contributed by atoms with Gasteiger partial charge in [-0.25, -0.2) is 9.37 Å². The second-order valence-corrected chi connectivity index (χ2v) is 5.60. The van der Waals surface area contributed by atoms with Gasteiger partial charge < -0.3 is 11.1 Å². The molecule has 1 aromatic carbocycles. The minimum Gasteiger partial charge on any atom is -0.389 e. The van der Waals surface area contributed by atoms with Crippen LogP contribution in [0.3, 0.4) is 0 Å². The minimum absolute atomic E-state index is 0.198. The van der Waals surface area contributed by atoms with Gasteiger partial charge in [0.25, 0.3) is 0 Å². The van der Waals surface area contributed by atoms with Crippen LogP contribution in [0.2, 0.25) is 0 Å². The molecule has 0 aliphatic carbocycles. The highest BCUT2D eigenvalue weighted by atomic mass is 32.1. The van der Waals surface area contributed by atoms with Gasteiger partial charge in [0.2, 0.25) is 0 Å². The Labute approximate surface area is 120 Å². The number of anilines is 1. The lowest BCUT2D eigenvalue weighted by molar-refractivity contribution is 0.629. The number of hydrogen-bond donors (Lipinski definition) is 2.